The maximum Gasteiger partial charge on any atom is 0.287 e. The Bertz CT molecular complexity index is 1380. The molecule has 0 spiro atoms. The molecule has 0 aliphatic rings. The molecule has 2 atom stereocenters. The van der Waals surface area contributed by atoms with Crippen molar-refractivity contribution in [2.75, 3.05) is 0 Å². The predicted molar refractivity (Wildman–Crippen MR) is 114 cm³/mol. The van der Waals surface area contributed by atoms with Crippen molar-refractivity contribution in [3.05, 3.63) is 100 Å². The summed E-state index contributed by atoms with van der Waals surface area (Å²) < 4.78 is 30.9. The highest BCUT2D eigenvalue weighted by Crippen LogP contribution is 2.36. The first kappa shape index (κ1) is 22.7. The summed E-state index contributed by atoms with van der Waals surface area (Å²) in [5.74, 6) is 3.94. The lowest BCUT2D eigenvalue weighted by molar-refractivity contribution is -0.385. The highest BCUT2D eigenvalue weighted by molar-refractivity contribution is 5.40. The van der Waals surface area contributed by atoms with Crippen LogP contribution in [0.5, 0.6) is 0 Å². The number of pyridine rings is 1. The summed E-state index contributed by atoms with van der Waals surface area (Å²) in [6.07, 6.45) is 6.76. The van der Waals surface area contributed by atoms with Gasteiger partial charge in [-0.15, -0.1) is 0 Å². The Hall–Kier alpha value is -4.50. The molecular weight excluding hydrogens is 448 g/mol. The first-order chi connectivity index (χ1) is 16.3. The number of halogens is 2. The fourth-order valence-electron chi connectivity index (χ4n) is 3.38. The van der Waals surface area contributed by atoms with E-state index >= 15 is 0 Å². The van der Waals surface area contributed by atoms with Crippen LogP contribution in [0.1, 0.15) is 29.8 Å². The van der Waals surface area contributed by atoms with Gasteiger partial charge in [0.25, 0.3) is 5.69 Å². The monoisotopic (exact) mass is 465 g/mol. The molecule has 0 aliphatic heterocycles. The van der Waals surface area contributed by atoms with Crippen LogP contribution in [0.15, 0.2) is 61.6 Å². The molecule has 0 saturated carbocycles. The summed E-state index contributed by atoms with van der Waals surface area (Å²) in [4.78, 5) is 17.9. The Labute approximate surface area is 191 Å². The van der Waals surface area contributed by atoms with E-state index in [0.29, 0.717) is 17.3 Å². The van der Waals surface area contributed by atoms with E-state index in [1.807, 2.05) is 0 Å². The Morgan fingerprint density at radius 2 is 2.03 bits per heavy atom. The summed E-state index contributed by atoms with van der Waals surface area (Å²) in [6, 6.07) is 4.84. The summed E-state index contributed by atoms with van der Waals surface area (Å²) in [7, 11) is 0. The van der Waals surface area contributed by atoms with Gasteiger partial charge in [0, 0.05) is 23.9 Å². The number of benzene rings is 1. The third-order valence-electron chi connectivity index (χ3n) is 5.25. The first-order valence-corrected chi connectivity index (χ1v) is 9.93. The van der Waals surface area contributed by atoms with E-state index < -0.39 is 28.2 Å². The van der Waals surface area contributed by atoms with Gasteiger partial charge in [-0.3, -0.25) is 14.8 Å². The van der Waals surface area contributed by atoms with E-state index in [2.05, 4.69) is 32.0 Å². The Morgan fingerprint density at radius 1 is 1.21 bits per heavy atom. The van der Waals surface area contributed by atoms with Gasteiger partial charge >= 0.3 is 0 Å². The average Bonchev–Trinajstić information content (AvgIpc) is 3.49. The highest BCUT2D eigenvalue weighted by atomic mass is 19.1. The van der Waals surface area contributed by atoms with Crippen molar-refractivity contribution in [1.29, 1.82) is 0 Å². The van der Waals surface area contributed by atoms with E-state index in [4.69, 9.17) is 0 Å². The fraction of sp³-hybridized carbons (Fsp3) is 0.182. The van der Waals surface area contributed by atoms with Gasteiger partial charge in [0.2, 0.25) is 0 Å². The minimum Gasteiger partial charge on any atom is -0.381 e. The van der Waals surface area contributed by atoms with Crippen molar-refractivity contribution in [2.45, 2.75) is 25.1 Å². The second kappa shape index (κ2) is 9.16. The zero-order valence-electron chi connectivity index (χ0n) is 17.7. The van der Waals surface area contributed by atoms with Crippen molar-refractivity contribution in [3.8, 4) is 11.8 Å². The topological polar surface area (TPSA) is 125 Å². The third kappa shape index (κ3) is 4.64. The van der Waals surface area contributed by atoms with Crippen molar-refractivity contribution < 1.29 is 18.8 Å². The Morgan fingerprint density at radius 3 is 2.68 bits per heavy atom. The smallest absolute Gasteiger partial charge is 0.287 e. The number of nitrogens with zero attached hydrogens (tertiary/aromatic N) is 7. The lowest BCUT2D eigenvalue weighted by Gasteiger charge is -2.34. The number of rotatable bonds is 6. The summed E-state index contributed by atoms with van der Waals surface area (Å²) in [6.45, 7) is 1.45. The van der Waals surface area contributed by atoms with Gasteiger partial charge in [-0.25, -0.2) is 23.4 Å². The summed E-state index contributed by atoms with van der Waals surface area (Å²) >= 11 is 0. The van der Waals surface area contributed by atoms with Gasteiger partial charge in [0.1, 0.15) is 41.8 Å². The Kier molecular flexibility index (Phi) is 6.11. The standard InChI is InChI=1S/C22H17F2N7O3/c1-15(22(32,12-29-14-25-13-28-29)20-7-3-17(23)8-21(20)24)30-11-16(9-27-30)2-4-18-5-6-19(10-26-18)31(33)34/h3,5-11,13-15,32H,12H2,1H3/t15-,22-/m1/s1. The van der Waals surface area contributed by atoms with Crippen LogP contribution in [-0.4, -0.2) is 39.6 Å². The van der Waals surface area contributed by atoms with Crippen molar-refractivity contribution in [1.82, 2.24) is 29.5 Å². The molecule has 0 amide bonds. The van der Waals surface area contributed by atoms with Crippen LogP contribution >= 0.6 is 0 Å². The summed E-state index contributed by atoms with van der Waals surface area (Å²) in [5, 5.41) is 30.6. The largest absolute Gasteiger partial charge is 0.381 e. The van der Waals surface area contributed by atoms with Gasteiger partial charge in [-0.05, 0) is 25.0 Å². The van der Waals surface area contributed by atoms with Gasteiger partial charge in [0.05, 0.1) is 29.3 Å². The molecule has 0 fully saturated rings. The minimum atomic E-state index is -1.87. The molecule has 0 aliphatic carbocycles. The molecule has 0 unspecified atom stereocenters. The molecular formula is C22H17F2N7O3. The maximum absolute atomic E-state index is 14.7. The van der Waals surface area contributed by atoms with Gasteiger partial charge in [-0.2, -0.15) is 10.2 Å². The van der Waals surface area contributed by atoms with Crippen LogP contribution in [0, 0.1) is 33.6 Å². The van der Waals surface area contributed by atoms with Crippen LogP contribution < -0.4 is 0 Å². The molecule has 12 heteroatoms. The SMILES string of the molecule is C[C@@H](n1cc(C#Cc2ccc([N+](=O)[O-])cn2)cn1)[C@](O)(Cn1cncn1)c1ccc(F)cc1F. The average molecular weight is 465 g/mol. The van der Waals surface area contributed by atoms with Crippen molar-refractivity contribution in [2.24, 2.45) is 0 Å². The normalized spacial score (nSPS) is 13.5. The van der Waals surface area contributed by atoms with Crippen molar-refractivity contribution >= 4 is 5.69 Å². The molecule has 172 valence electrons. The van der Waals surface area contributed by atoms with E-state index in [9.17, 15) is 24.0 Å². The number of aromatic nitrogens is 6. The highest BCUT2D eigenvalue weighted by Gasteiger charge is 2.40. The Balaban J connectivity index is 1.64. The van der Waals surface area contributed by atoms with Gasteiger partial charge in [-0.1, -0.05) is 12.0 Å². The summed E-state index contributed by atoms with van der Waals surface area (Å²) in [5.41, 5.74) is -1.36. The second-order valence-electron chi connectivity index (χ2n) is 7.44. The first-order valence-electron chi connectivity index (χ1n) is 9.93. The molecule has 0 bridgehead atoms. The molecule has 0 radical (unpaired) electrons. The van der Waals surface area contributed by atoms with Gasteiger partial charge in [0.15, 0.2) is 0 Å². The predicted octanol–water partition coefficient (Wildman–Crippen LogP) is 2.60. The van der Waals surface area contributed by atoms with Gasteiger partial charge < -0.3 is 5.11 Å². The lowest BCUT2D eigenvalue weighted by atomic mass is 9.86. The molecule has 4 aromatic rings. The fourth-order valence-corrected chi connectivity index (χ4v) is 3.38. The maximum atomic E-state index is 14.7. The van der Waals surface area contributed by atoms with Crippen LogP contribution in [0.3, 0.4) is 0 Å². The third-order valence-corrected chi connectivity index (χ3v) is 5.25. The number of aliphatic hydroxyl groups is 1. The van der Waals surface area contributed by atoms with Crippen LogP contribution in [0.4, 0.5) is 14.5 Å². The minimum absolute atomic E-state index is 0.130. The van der Waals surface area contributed by atoms with E-state index in [1.54, 1.807) is 13.1 Å². The molecule has 3 aromatic heterocycles. The van der Waals surface area contributed by atoms with E-state index in [0.717, 1.165) is 12.3 Å². The molecule has 3 heterocycles. The lowest BCUT2D eigenvalue weighted by Crippen LogP contribution is -2.40. The van der Waals surface area contributed by atoms with E-state index in [-0.39, 0.29) is 17.8 Å². The molecule has 10 nitrogen and oxygen atoms in total. The quantitative estimate of drug-likeness (QED) is 0.264. The number of hydrogen-bond acceptors (Lipinski definition) is 7. The molecule has 4 rings (SSSR count). The van der Waals surface area contributed by atoms with Crippen LogP contribution in [0.25, 0.3) is 0 Å². The molecule has 34 heavy (non-hydrogen) atoms. The number of hydrogen-bond donors (Lipinski definition) is 1. The number of nitro groups is 1. The molecule has 1 N–H and O–H groups in total. The van der Waals surface area contributed by atoms with Crippen LogP contribution in [0.2, 0.25) is 0 Å². The van der Waals surface area contributed by atoms with Crippen LogP contribution in [-0.2, 0) is 12.1 Å². The van der Waals surface area contributed by atoms with Crippen molar-refractivity contribution in [3.63, 3.8) is 0 Å². The zero-order chi connectivity index (χ0) is 24.3. The zero-order valence-corrected chi connectivity index (χ0v) is 17.7. The second-order valence-corrected chi connectivity index (χ2v) is 7.44. The molecule has 1 aromatic carbocycles. The van der Waals surface area contributed by atoms with E-state index in [1.165, 1.54) is 46.4 Å². The molecule has 0 saturated heterocycles.